The molecule has 1 rings (SSSR count). The van der Waals surface area contributed by atoms with Crippen LogP contribution in [0.15, 0.2) is 0 Å². The molecule has 0 saturated carbocycles. The van der Waals surface area contributed by atoms with Gasteiger partial charge >= 0.3 is 11.9 Å². The predicted molar refractivity (Wildman–Crippen MR) is 44.2 cm³/mol. The molecule has 74 valence electrons. The summed E-state index contributed by atoms with van der Waals surface area (Å²) in [7, 11) is 1.32. The van der Waals surface area contributed by atoms with Crippen LogP contribution in [0, 0.1) is 5.92 Å². The number of hydrogen-bond acceptors (Lipinski definition) is 4. The van der Waals surface area contributed by atoms with E-state index >= 15 is 0 Å². The molecule has 2 atom stereocenters. The molecule has 0 amide bonds. The summed E-state index contributed by atoms with van der Waals surface area (Å²) in [6.07, 6.45) is 0.971. The van der Waals surface area contributed by atoms with Crippen LogP contribution in [-0.4, -0.2) is 36.7 Å². The van der Waals surface area contributed by atoms with Gasteiger partial charge in [-0.25, -0.2) is 0 Å². The summed E-state index contributed by atoms with van der Waals surface area (Å²) in [5, 5.41) is 11.5. The Kier molecular flexibility index (Phi) is 3.25. The van der Waals surface area contributed by atoms with Crippen LogP contribution in [0.2, 0.25) is 0 Å². The van der Waals surface area contributed by atoms with Gasteiger partial charge < -0.3 is 15.2 Å². The standard InChI is InChI=1S/C8H13NO4/c1-13-8(12)5-2-3-9-6(4-5)7(10)11/h5-6,9H,2-4H2,1H3,(H,10,11)/t5-,6+/m0/s1. The van der Waals surface area contributed by atoms with Crippen molar-refractivity contribution in [3.05, 3.63) is 0 Å². The van der Waals surface area contributed by atoms with Crippen molar-refractivity contribution < 1.29 is 19.4 Å². The zero-order chi connectivity index (χ0) is 9.84. The van der Waals surface area contributed by atoms with E-state index in [4.69, 9.17) is 5.11 Å². The quantitative estimate of drug-likeness (QED) is 0.576. The van der Waals surface area contributed by atoms with Crippen LogP contribution >= 0.6 is 0 Å². The SMILES string of the molecule is COC(=O)[C@H]1CCN[C@@H](C(=O)O)C1. The van der Waals surface area contributed by atoms with Crippen LogP contribution in [0.1, 0.15) is 12.8 Å². The minimum Gasteiger partial charge on any atom is -0.480 e. The molecule has 0 aromatic heterocycles. The maximum absolute atomic E-state index is 11.1. The van der Waals surface area contributed by atoms with Crippen molar-refractivity contribution in [2.45, 2.75) is 18.9 Å². The van der Waals surface area contributed by atoms with Gasteiger partial charge in [-0.05, 0) is 19.4 Å². The van der Waals surface area contributed by atoms with E-state index in [1.165, 1.54) is 7.11 Å². The summed E-state index contributed by atoms with van der Waals surface area (Å²) in [5.74, 6) is -1.49. The number of carbonyl (C=O) groups is 2. The van der Waals surface area contributed by atoms with Crippen molar-refractivity contribution in [3.63, 3.8) is 0 Å². The number of nitrogens with one attached hydrogen (secondary N) is 1. The summed E-state index contributed by atoms with van der Waals surface area (Å²) >= 11 is 0. The van der Waals surface area contributed by atoms with Crippen molar-refractivity contribution in [2.75, 3.05) is 13.7 Å². The number of hydrogen-bond donors (Lipinski definition) is 2. The van der Waals surface area contributed by atoms with Gasteiger partial charge in [0.2, 0.25) is 0 Å². The first-order chi connectivity index (χ1) is 6.15. The number of carboxylic acids is 1. The summed E-state index contributed by atoms with van der Waals surface area (Å²) in [6.45, 7) is 0.552. The minimum atomic E-state index is -0.909. The molecule has 0 aromatic rings. The first-order valence-corrected chi connectivity index (χ1v) is 4.19. The van der Waals surface area contributed by atoms with E-state index in [9.17, 15) is 9.59 Å². The molecule has 1 saturated heterocycles. The van der Waals surface area contributed by atoms with Gasteiger partial charge in [-0.15, -0.1) is 0 Å². The third-order valence-corrected chi connectivity index (χ3v) is 2.24. The minimum absolute atomic E-state index is 0.271. The maximum Gasteiger partial charge on any atom is 0.320 e. The van der Waals surface area contributed by atoms with Crippen LogP contribution in [0.25, 0.3) is 0 Å². The van der Waals surface area contributed by atoms with Crippen LogP contribution in [-0.2, 0) is 14.3 Å². The Hall–Kier alpha value is -1.10. The largest absolute Gasteiger partial charge is 0.480 e. The molecule has 0 spiro atoms. The van der Waals surface area contributed by atoms with E-state index in [0.29, 0.717) is 19.4 Å². The lowest BCUT2D eigenvalue weighted by molar-refractivity contribution is -0.148. The van der Waals surface area contributed by atoms with Gasteiger partial charge in [0.05, 0.1) is 13.0 Å². The summed E-state index contributed by atoms with van der Waals surface area (Å²) in [6, 6.07) is -0.613. The van der Waals surface area contributed by atoms with E-state index in [0.717, 1.165) is 0 Å². The Morgan fingerprint density at radius 3 is 2.77 bits per heavy atom. The lowest BCUT2D eigenvalue weighted by atomic mass is 9.93. The molecule has 5 heteroatoms. The fraction of sp³-hybridized carbons (Fsp3) is 0.750. The third kappa shape index (κ3) is 2.42. The molecular weight excluding hydrogens is 174 g/mol. The average Bonchev–Trinajstić information content (AvgIpc) is 2.17. The Morgan fingerprint density at radius 2 is 2.23 bits per heavy atom. The molecule has 0 aromatic carbocycles. The lowest BCUT2D eigenvalue weighted by Gasteiger charge is -2.25. The Bertz CT molecular complexity index is 216. The molecule has 2 N–H and O–H groups in total. The van der Waals surface area contributed by atoms with Gasteiger partial charge in [-0.2, -0.15) is 0 Å². The van der Waals surface area contributed by atoms with E-state index in [1.54, 1.807) is 0 Å². The Balaban J connectivity index is 2.51. The van der Waals surface area contributed by atoms with Gasteiger partial charge in [-0.3, -0.25) is 9.59 Å². The Labute approximate surface area is 76.1 Å². The first kappa shape index (κ1) is 9.98. The highest BCUT2D eigenvalue weighted by molar-refractivity contribution is 5.77. The second-order valence-electron chi connectivity index (χ2n) is 3.09. The number of ether oxygens (including phenoxy) is 1. The van der Waals surface area contributed by atoms with E-state index in [-0.39, 0.29) is 11.9 Å². The van der Waals surface area contributed by atoms with Gasteiger partial charge in [-0.1, -0.05) is 0 Å². The van der Waals surface area contributed by atoms with Gasteiger partial charge in [0.1, 0.15) is 6.04 Å². The zero-order valence-electron chi connectivity index (χ0n) is 7.45. The van der Waals surface area contributed by atoms with Crippen molar-refractivity contribution in [2.24, 2.45) is 5.92 Å². The molecule has 0 unspecified atom stereocenters. The van der Waals surface area contributed by atoms with E-state index in [1.807, 2.05) is 0 Å². The lowest BCUT2D eigenvalue weighted by Crippen LogP contribution is -2.45. The van der Waals surface area contributed by atoms with Gasteiger partial charge in [0, 0.05) is 0 Å². The van der Waals surface area contributed by atoms with E-state index < -0.39 is 12.0 Å². The second kappa shape index (κ2) is 4.23. The molecule has 1 fully saturated rings. The normalized spacial score (nSPS) is 28.1. The first-order valence-electron chi connectivity index (χ1n) is 4.19. The highest BCUT2D eigenvalue weighted by Gasteiger charge is 2.30. The molecule has 0 radical (unpaired) electrons. The van der Waals surface area contributed by atoms with Gasteiger partial charge in [0.15, 0.2) is 0 Å². The molecule has 0 aliphatic carbocycles. The second-order valence-corrected chi connectivity index (χ2v) is 3.09. The average molecular weight is 187 g/mol. The van der Waals surface area contributed by atoms with Crippen LogP contribution in [0.3, 0.4) is 0 Å². The molecular formula is C8H13NO4. The summed E-state index contributed by atoms with van der Waals surface area (Å²) in [4.78, 5) is 21.7. The molecule has 5 nitrogen and oxygen atoms in total. The topological polar surface area (TPSA) is 75.6 Å². The summed E-state index contributed by atoms with van der Waals surface area (Å²) < 4.78 is 4.56. The van der Waals surface area contributed by atoms with Crippen LogP contribution < -0.4 is 5.32 Å². The predicted octanol–water partition coefficient (Wildman–Crippen LogP) is -0.388. The van der Waals surface area contributed by atoms with Crippen molar-refractivity contribution in [1.82, 2.24) is 5.32 Å². The number of piperidine rings is 1. The molecule has 0 bridgehead atoms. The fourth-order valence-electron chi connectivity index (χ4n) is 1.49. The molecule has 13 heavy (non-hydrogen) atoms. The van der Waals surface area contributed by atoms with Crippen molar-refractivity contribution in [3.8, 4) is 0 Å². The number of esters is 1. The van der Waals surface area contributed by atoms with Crippen molar-refractivity contribution >= 4 is 11.9 Å². The molecule has 1 aliphatic heterocycles. The smallest absolute Gasteiger partial charge is 0.320 e. The fourth-order valence-corrected chi connectivity index (χ4v) is 1.49. The Morgan fingerprint density at radius 1 is 1.54 bits per heavy atom. The number of carboxylic acid groups (broad SMARTS) is 1. The highest BCUT2D eigenvalue weighted by Crippen LogP contribution is 2.17. The van der Waals surface area contributed by atoms with Crippen molar-refractivity contribution in [1.29, 1.82) is 0 Å². The van der Waals surface area contributed by atoms with Crippen LogP contribution in [0.4, 0.5) is 0 Å². The number of methoxy groups -OCH3 is 1. The highest BCUT2D eigenvalue weighted by atomic mass is 16.5. The van der Waals surface area contributed by atoms with Crippen LogP contribution in [0.5, 0.6) is 0 Å². The maximum atomic E-state index is 11.1. The summed E-state index contributed by atoms with van der Waals surface area (Å²) in [5.41, 5.74) is 0. The number of rotatable bonds is 2. The monoisotopic (exact) mass is 187 g/mol. The number of carbonyl (C=O) groups excluding carboxylic acids is 1. The third-order valence-electron chi connectivity index (χ3n) is 2.24. The van der Waals surface area contributed by atoms with Gasteiger partial charge in [0.25, 0.3) is 0 Å². The zero-order valence-corrected chi connectivity index (χ0v) is 7.45. The molecule has 1 aliphatic rings. The molecule has 1 heterocycles. The number of aliphatic carboxylic acids is 1. The van der Waals surface area contributed by atoms with E-state index in [2.05, 4.69) is 10.1 Å².